The van der Waals surface area contributed by atoms with Crippen LogP contribution in [0.1, 0.15) is 18.6 Å². The number of hydrogen-bond donors (Lipinski definition) is 1. The highest BCUT2D eigenvalue weighted by molar-refractivity contribution is 7.99. The normalized spacial score (nSPS) is 12.8. The van der Waals surface area contributed by atoms with Crippen molar-refractivity contribution < 1.29 is 9.84 Å². The van der Waals surface area contributed by atoms with Crippen LogP contribution in [0.5, 0.6) is 0 Å². The van der Waals surface area contributed by atoms with Crippen LogP contribution in [0.15, 0.2) is 23.1 Å². The highest BCUT2D eigenvalue weighted by atomic mass is 35.5. The van der Waals surface area contributed by atoms with E-state index in [9.17, 15) is 5.11 Å². The number of methoxy groups -OCH3 is 1. The Kier molecular flexibility index (Phi) is 5.47. The van der Waals surface area contributed by atoms with E-state index < -0.39 is 6.10 Å². The fourth-order valence-electron chi connectivity index (χ4n) is 1.13. The summed E-state index contributed by atoms with van der Waals surface area (Å²) in [4.78, 5) is 1.03. The second kappa shape index (κ2) is 6.38. The summed E-state index contributed by atoms with van der Waals surface area (Å²) in [5.74, 6) is 0.879. The topological polar surface area (TPSA) is 29.5 Å². The van der Waals surface area contributed by atoms with Gasteiger partial charge in [-0.3, -0.25) is 0 Å². The molecule has 0 aliphatic rings. The van der Waals surface area contributed by atoms with E-state index in [0.29, 0.717) is 11.6 Å². The molecule has 1 atom stereocenters. The lowest BCUT2D eigenvalue weighted by atomic mass is 10.1. The third-order valence-corrected chi connectivity index (χ3v) is 3.45. The SMILES string of the molecule is COCCSc1ccc([C@H](C)O)cc1Cl. The summed E-state index contributed by atoms with van der Waals surface area (Å²) in [5.41, 5.74) is 0.844. The zero-order valence-corrected chi connectivity index (χ0v) is 10.4. The summed E-state index contributed by atoms with van der Waals surface area (Å²) < 4.78 is 4.96. The number of thioether (sulfide) groups is 1. The summed E-state index contributed by atoms with van der Waals surface area (Å²) in [6.45, 7) is 2.43. The Morgan fingerprint density at radius 3 is 2.80 bits per heavy atom. The zero-order chi connectivity index (χ0) is 11.3. The van der Waals surface area contributed by atoms with Crippen molar-refractivity contribution in [2.24, 2.45) is 0 Å². The Balaban J connectivity index is 2.66. The summed E-state index contributed by atoms with van der Waals surface area (Å²) in [7, 11) is 1.68. The average molecular weight is 247 g/mol. The van der Waals surface area contributed by atoms with Gasteiger partial charge < -0.3 is 9.84 Å². The lowest BCUT2D eigenvalue weighted by molar-refractivity contribution is 0.199. The van der Waals surface area contributed by atoms with Crippen LogP contribution in [0.4, 0.5) is 0 Å². The molecule has 0 saturated heterocycles. The maximum atomic E-state index is 9.37. The number of aliphatic hydroxyl groups excluding tert-OH is 1. The highest BCUT2D eigenvalue weighted by Gasteiger charge is 2.05. The molecule has 15 heavy (non-hydrogen) atoms. The minimum absolute atomic E-state index is 0.472. The van der Waals surface area contributed by atoms with Gasteiger partial charge in [-0.25, -0.2) is 0 Å². The Bertz CT molecular complexity index is 315. The molecule has 1 rings (SSSR count). The van der Waals surface area contributed by atoms with Gasteiger partial charge in [-0.2, -0.15) is 0 Å². The van der Waals surface area contributed by atoms with E-state index >= 15 is 0 Å². The maximum Gasteiger partial charge on any atom is 0.0762 e. The van der Waals surface area contributed by atoms with E-state index in [1.807, 2.05) is 12.1 Å². The van der Waals surface area contributed by atoms with E-state index in [1.165, 1.54) is 0 Å². The molecule has 1 aromatic rings. The number of rotatable bonds is 5. The molecule has 0 aromatic heterocycles. The number of ether oxygens (including phenoxy) is 1. The quantitative estimate of drug-likeness (QED) is 0.639. The first-order chi connectivity index (χ1) is 7.15. The smallest absolute Gasteiger partial charge is 0.0762 e. The molecule has 0 radical (unpaired) electrons. The van der Waals surface area contributed by atoms with Crippen LogP contribution < -0.4 is 0 Å². The van der Waals surface area contributed by atoms with Gasteiger partial charge in [0.05, 0.1) is 17.7 Å². The number of aliphatic hydroxyl groups is 1. The lowest BCUT2D eigenvalue weighted by Gasteiger charge is -2.08. The molecule has 0 amide bonds. The average Bonchev–Trinajstić information content (AvgIpc) is 2.20. The van der Waals surface area contributed by atoms with Crippen molar-refractivity contribution >= 4 is 23.4 Å². The van der Waals surface area contributed by atoms with Crippen LogP contribution in [-0.4, -0.2) is 24.6 Å². The van der Waals surface area contributed by atoms with Gasteiger partial charge in [-0.1, -0.05) is 17.7 Å². The summed E-state index contributed by atoms with van der Waals surface area (Å²) in [6, 6.07) is 5.64. The first-order valence-electron chi connectivity index (χ1n) is 4.74. The van der Waals surface area contributed by atoms with Crippen molar-refractivity contribution in [2.75, 3.05) is 19.5 Å². The third-order valence-electron chi connectivity index (χ3n) is 1.98. The van der Waals surface area contributed by atoms with Gasteiger partial charge in [0.2, 0.25) is 0 Å². The monoisotopic (exact) mass is 246 g/mol. The summed E-state index contributed by atoms with van der Waals surface area (Å²) >= 11 is 7.73. The van der Waals surface area contributed by atoms with Crippen LogP contribution in [0, 0.1) is 0 Å². The highest BCUT2D eigenvalue weighted by Crippen LogP contribution is 2.29. The minimum Gasteiger partial charge on any atom is -0.389 e. The van der Waals surface area contributed by atoms with Crippen molar-refractivity contribution in [2.45, 2.75) is 17.9 Å². The zero-order valence-electron chi connectivity index (χ0n) is 8.87. The molecule has 0 fully saturated rings. The largest absolute Gasteiger partial charge is 0.389 e. The molecule has 84 valence electrons. The molecule has 0 aliphatic carbocycles. The molecular formula is C11H15ClO2S. The minimum atomic E-state index is -0.472. The Labute approximate surface area is 99.6 Å². The molecule has 4 heteroatoms. The fourth-order valence-corrected chi connectivity index (χ4v) is 2.31. The van der Waals surface area contributed by atoms with Gasteiger partial charge >= 0.3 is 0 Å². The second-order valence-corrected chi connectivity index (χ2v) is 4.75. The Morgan fingerprint density at radius 1 is 1.53 bits per heavy atom. The first-order valence-corrected chi connectivity index (χ1v) is 6.10. The predicted octanol–water partition coefficient (Wildman–Crippen LogP) is 3.13. The third kappa shape index (κ3) is 4.03. The lowest BCUT2D eigenvalue weighted by Crippen LogP contribution is -1.93. The molecule has 0 spiro atoms. The molecule has 0 saturated carbocycles. The number of hydrogen-bond acceptors (Lipinski definition) is 3. The van der Waals surface area contributed by atoms with Crippen LogP contribution in [0.25, 0.3) is 0 Å². The van der Waals surface area contributed by atoms with Crippen molar-refractivity contribution in [3.05, 3.63) is 28.8 Å². The van der Waals surface area contributed by atoms with Crippen molar-refractivity contribution in [1.82, 2.24) is 0 Å². The number of halogens is 1. The van der Waals surface area contributed by atoms with Gasteiger partial charge in [0.25, 0.3) is 0 Å². The molecule has 1 aromatic carbocycles. The molecule has 0 bridgehead atoms. The maximum absolute atomic E-state index is 9.37. The van der Waals surface area contributed by atoms with Crippen molar-refractivity contribution in [3.63, 3.8) is 0 Å². The second-order valence-electron chi connectivity index (χ2n) is 3.21. The van der Waals surface area contributed by atoms with Gasteiger partial charge in [-0.05, 0) is 24.6 Å². The van der Waals surface area contributed by atoms with Crippen molar-refractivity contribution in [1.29, 1.82) is 0 Å². The standard InChI is InChI=1S/C11H15ClO2S/c1-8(13)9-3-4-11(10(12)7-9)15-6-5-14-2/h3-4,7-8,13H,5-6H2,1-2H3/t8-/m0/s1. The van der Waals surface area contributed by atoms with Gasteiger partial charge in [0, 0.05) is 17.8 Å². The predicted molar refractivity (Wildman–Crippen MR) is 64.7 cm³/mol. The first kappa shape index (κ1) is 12.8. The van der Waals surface area contributed by atoms with E-state index in [-0.39, 0.29) is 0 Å². The molecule has 1 N–H and O–H groups in total. The van der Waals surface area contributed by atoms with Crippen LogP contribution in [0.2, 0.25) is 5.02 Å². The van der Waals surface area contributed by atoms with Crippen LogP contribution in [0.3, 0.4) is 0 Å². The van der Waals surface area contributed by atoms with Gasteiger partial charge in [-0.15, -0.1) is 11.8 Å². The fraction of sp³-hybridized carbons (Fsp3) is 0.455. The van der Waals surface area contributed by atoms with Crippen molar-refractivity contribution in [3.8, 4) is 0 Å². The van der Waals surface area contributed by atoms with Gasteiger partial charge in [0.1, 0.15) is 0 Å². The molecule has 0 heterocycles. The number of benzene rings is 1. The molecule has 0 unspecified atom stereocenters. The summed E-state index contributed by atoms with van der Waals surface area (Å²) in [6.07, 6.45) is -0.472. The molecule has 2 nitrogen and oxygen atoms in total. The Morgan fingerprint density at radius 2 is 2.27 bits per heavy atom. The van der Waals surface area contributed by atoms with E-state index in [2.05, 4.69) is 0 Å². The Hall–Kier alpha value is -0.220. The van der Waals surface area contributed by atoms with Crippen LogP contribution in [-0.2, 0) is 4.74 Å². The van der Waals surface area contributed by atoms with E-state index in [1.54, 1.807) is 31.9 Å². The van der Waals surface area contributed by atoms with Gasteiger partial charge in [0.15, 0.2) is 0 Å². The molecular weight excluding hydrogens is 232 g/mol. The van der Waals surface area contributed by atoms with E-state index in [4.69, 9.17) is 16.3 Å². The van der Waals surface area contributed by atoms with Crippen LogP contribution >= 0.6 is 23.4 Å². The molecule has 0 aliphatic heterocycles. The summed E-state index contributed by atoms with van der Waals surface area (Å²) in [5, 5.41) is 10.1. The van der Waals surface area contributed by atoms with E-state index in [0.717, 1.165) is 16.2 Å².